The highest BCUT2D eigenvalue weighted by Crippen LogP contribution is 2.43. The Morgan fingerprint density at radius 1 is 1.47 bits per heavy atom. The fourth-order valence-electron chi connectivity index (χ4n) is 3.10. The van der Waals surface area contributed by atoms with Crippen molar-refractivity contribution in [3.8, 4) is 0 Å². The van der Waals surface area contributed by atoms with Gasteiger partial charge in [-0.2, -0.15) is 0 Å². The Balaban J connectivity index is 2.45. The van der Waals surface area contributed by atoms with Crippen molar-refractivity contribution in [1.29, 1.82) is 0 Å². The molecule has 2 rings (SSSR count). The van der Waals surface area contributed by atoms with Gasteiger partial charge in [0, 0.05) is 11.2 Å². The fourth-order valence-corrected chi connectivity index (χ4v) is 3.10. The maximum atomic E-state index is 11.7. The van der Waals surface area contributed by atoms with Crippen LogP contribution >= 0.6 is 0 Å². The largest absolute Gasteiger partial charge is 0.468 e. The topological polar surface area (TPSA) is 29.5 Å². The average molecular weight is 261 g/mol. The smallest absolute Gasteiger partial charge is 0.325 e. The highest BCUT2D eigenvalue weighted by molar-refractivity contribution is 5.77. The van der Waals surface area contributed by atoms with Crippen molar-refractivity contribution in [2.24, 2.45) is 0 Å². The van der Waals surface area contributed by atoms with Crippen LogP contribution in [0.5, 0.6) is 0 Å². The zero-order valence-electron chi connectivity index (χ0n) is 12.5. The minimum atomic E-state index is -0.186. The van der Waals surface area contributed by atoms with E-state index in [1.807, 2.05) is 0 Å². The molecule has 3 heteroatoms. The maximum absolute atomic E-state index is 11.7. The predicted molar refractivity (Wildman–Crippen MR) is 77.7 cm³/mol. The zero-order chi connectivity index (χ0) is 14.2. The molecule has 0 aliphatic carbocycles. The average Bonchev–Trinajstić information content (AvgIpc) is 2.34. The number of nitrogens with zero attached hydrogens (tertiary/aromatic N) is 1. The minimum absolute atomic E-state index is 0.0319. The number of carbonyl (C=O) groups is 1. The van der Waals surface area contributed by atoms with Crippen molar-refractivity contribution in [2.45, 2.75) is 45.6 Å². The number of rotatable bonds is 2. The summed E-state index contributed by atoms with van der Waals surface area (Å²) in [5.74, 6) is 0.327. The van der Waals surface area contributed by atoms with E-state index in [2.05, 4.69) is 50.8 Å². The monoisotopic (exact) mass is 261 g/mol. The van der Waals surface area contributed by atoms with Crippen molar-refractivity contribution in [1.82, 2.24) is 0 Å². The molecule has 0 fully saturated rings. The lowest BCUT2D eigenvalue weighted by molar-refractivity contribution is -0.139. The Bertz CT molecular complexity index is 494. The van der Waals surface area contributed by atoms with Crippen LogP contribution in [-0.4, -0.2) is 25.2 Å². The van der Waals surface area contributed by atoms with E-state index in [1.165, 1.54) is 23.9 Å². The molecule has 19 heavy (non-hydrogen) atoms. The molecule has 1 atom stereocenters. The zero-order valence-corrected chi connectivity index (χ0v) is 12.5. The van der Waals surface area contributed by atoms with Gasteiger partial charge in [0.05, 0.1) is 7.11 Å². The molecular weight excluding hydrogens is 238 g/mol. The molecule has 0 spiro atoms. The van der Waals surface area contributed by atoms with Crippen LogP contribution in [0.1, 0.15) is 44.2 Å². The summed E-state index contributed by atoms with van der Waals surface area (Å²) in [6.07, 6.45) is 1.04. The van der Waals surface area contributed by atoms with Gasteiger partial charge in [-0.15, -0.1) is 0 Å². The van der Waals surface area contributed by atoms with Gasteiger partial charge in [-0.25, -0.2) is 0 Å². The van der Waals surface area contributed by atoms with Gasteiger partial charge in [-0.3, -0.25) is 4.79 Å². The van der Waals surface area contributed by atoms with Crippen LogP contribution in [0.4, 0.5) is 5.69 Å². The Hall–Kier alpha value is -1.51. The lowest BCUT2D eigenvalue weighted by atomic mass is 9.79. The Kier molecular flexibility index (Phi) is 3.57. The number of fused-ring (bicyclic) bond motifs is 1. The minimum Gasteiger partial charge on any atom is -0.468 e. The molecule has 0 aromatic heterocycles. The van der Waals surface area contributed by atoms with Crippen LogP contribution in [0, 0.1) is 6.92 Å². The third-order valence-corrected chi connectivity index (χ3v) is 4.06. The summed E-state index contributed by atoms with van der Waals surface area (Å²) in [5, 5.41) is 0. The van der Waals surface area contributed by atoms with Crippen molar-refractivity contribution in [3.05, 3.63) is 29.3 Å². The van der Waals surface area contributed by atoms with Crippen LogP contribution in [0.25, 0.3) is 0 Å². The van der Waals surface area contributed by atoms with Gasteiger partial charge in [0.2, 0.25) is 0 Å². The molecule has 0 amide bonds. The predicted octanol–water partition coefficient (Wildman–Crippen LogP) is 3.26. The number of methoxy groups -OCH3 is 1. The first kappa shape index (κ1) is 13.9. The van der Waals surface area contributed by atoms with Gasteiger partial charge >= 0.3 is 5.97 Å². The van der Waals surface area contributed by atoms with Gasteiger partial charge in [-0.05, 0) is 44.7 Å². The summed E-state index contributed by atoms with van der Waals surface area (Å²) in [6, 6.07) is 6.47. The van der Waals surface area contributed by atoms with Gasteiger partial charge in [0.1, 0.15) is 6.54 Å². The quantitative estimate of drug-likeness (QED) is 0.765. The second-order valence-corrected chi connectivity index (χ2v) is 6.14. The molecule has 1 aliphatic rings. The molecule has 0 bridgehead atoms. The first-order valence-electron chi connectivity index (χ1n) is 6.80. The van der Waals surface area contributed by atoms with E-state index in [9.17, 15) is 4.79 Å². The SMILES string of the molecule is COC(=O)CN1c2ccc(C)cc2[C@@H](C)CC1(C)C. The second kappa shape index (κ2) is 4.87. The van der Waals surface area contributed by atoms with Gasteiger partial charge in [0.15, 0.2) is 0 Å². The van der Waals surface area contributed by atoms with E-state index in [1.54, 1.807) is 0 Å². The number of ether oxygens (including phenoxy) is 1. The summed E-state index contributed by atoms with van der Waals surface area (Å²) in [7, 11) is 1.44. The van der Waals surface area contributed by atoms with Crippen LogP contribution in [0.3, 0.4) is 0 Å². The summed E-state index contributed by atoms with van der Waals surface area (Å²) in [5.41, 5.74) is 3.74. The number of esters is 1. The number of hydrogen-bond acceptors (Lipinski definition) is 3. The normalized spacial score (nSPS) is 20.9. The van der Waals surface area contributed by atoms with Crippen LogP contribution in [0.15, 0.2) is 18.2 Å². The third-order valence-electron chi connectivity index (χ3n) is 4.06. The van der Waals surface area contributed by atoms with Gasteiger partial charge < -0.3 is 9.64 Å². The molecule has 0 radical (unpaired) electrons. The van der Waals surface area contributed by atoms with Crippen LogP contribution < -0.4 is 4.90 Å². The van der Waals surface area contributed by atoms with E-state index in [-0.39, 0.29) is 11.5 Å². The molecule has 1 heterocycles. The molecule has 1 aliphatic heterocycles. The Labute approximate surface area is 115 Å². The van der Waals surface area contributed by atoms with E-state index in [4.69, 9.17) is 4.74 Å². The Morgan fingerprint density at radius 2 is 2.16 bits per heavy atom. The maximum Gasteiger partial charge on any atom is 0.325 e. The lowest BCUT2D eigenvalue weighted by Gasteiger charge is -2.47. The fraction of sp³-hybridized carbons (Fsp3) is 0.562. The van der Waals surface area contributed by atoms with E-state index >= 15 is 0 Å². The van der Waals surface area contributed by atoms with E-state index in [0.717, 1.165) is 6.42 Å². The third kappa shape index (κ3) is 2.60. The summed E-state index contributed by atoms with van der Waals surface area (Å²) >= 11 is 0. The van der Waals surface area contributed by atoms with Crippen molar-refractivity contribution in [2.75, 3.05) is 18.6 Å². The summed E-state index contributed by atoms with van der Waals surface area (Å²) in [6.45, 7) is 9.06. The molecule has 0 saturated heterocycles. The summed E-state index contributed by atoms with van der Waals surface area (Å²) in [4.78, 5) is 13.8. The standard InChI is InChI=1S/C16H23NO2/c1-11-6-7-14-13(8-11)12(2)9-16(3,4)17(14)10-15(18)19-5/h6-8,12H,9-10H2,1-5H3/t12-/m0/s1. The first-order valence-corrected chi connectivity index (χ1v) is 6.80. The molecular formula is C16H23NO2. The number of anilines is 1. The van der Waals surface area contributed by atoms with Crippen molar-refractivity contribution < 1.29 is 9.53 Å². The highest BCUT2D eigenvalue weighted by Gasteiger charge is 2.37. The van der Waals surface area contributed by atoms with Crippen LogP contribution in [0.2, 0.25) is 0 Å². The van der Waals surface area contributed by atoms with Crippen LogP contribution in [-0.2, 0) is 9.53 Å². The Morgan fingerprint density at radius 3 is 2.79 bits per heavy atom. The number of benzene rings is 1. The van der Waals surface area contributed by atoms with Crippen molar-refractivity contribution >= 4 is 11.7 Å². The van der Waals surface area contributed by atoms with E-state index in [0.29, 0.717) is 12.5 Å². The van der Waals surface area contributed by atoms with Gasteiger partial charge in [-0.1, -0.05) is 24.6 Å². The molecule has 0 unspecified atom stereocenters. The molecule has 104 valence electrons. The van der Waals surface area contributed by atoms with E-state index < -0.39 is 0 Å². The highest BCUT2D eigenvalue weighted by atomic mass is 16.5. The molecule has 1 aromatic carbocycles. The number of carbonyl (C=O) groups excluding carboxylic acids is 1. The molecule has 3 nitrogen and oxygen atoms in total. The van der Waals surface area contributed by atoms with Gasteiger partial charge in [0.25, 0.3) is 0 Å². The molecule has 0 N–H and O–H groups in total. The molecule has 1 aromatic rings. The van der Waals surface area contributed by atoms with Crippen molar-refractivity contribution in [3.63, 3.8) is 0 Å². The second-order valence-electron chi connectivity index (χ2n) is 6.14. The number of hydrogen-bond donors (Lipinski definition) is 0. The first-order chi connectivity index (χ1) is 8.85. The molecule has 0 saturated carbocycles. The number of aryl methyl sites for hydroxylation is 1. The lowest BCUT2D eigenvalue weighted by Crippen LogP contribution is -2.50. The summed E-state index contributed by atoms with van der Waals surface area (Å²) < 4.78 is 4.83.